The number of methoxy groups -OCH3 is 1. The molecule has 0 spiro atoms. The Hall–Kier alpha value is -0.610. The SMILES string of the molecule is COC1(CC(=O)NCC(N)C2CC2)CCC1. The molecule has 1 atom stereocenters. The molecule has 0 aromatic carbocycles. The Morgan fingerprint density at radius 1 is 1.56 bits per heavy atom. The molecule has 3 N–H and O–H groups in total. The number of carbonyl (C=O) groups excluding carboxylic acids is 1. The first kappa shape index (κ1) is 11.9. The number of nitrogens with two attached hydrogens (primary N) is 1. The number of amides is 1. The maximum atomic E-state index is 11.7. The molecule has 92 valence electrons. The topological polar surface area (TPSA) is 64.3 Å². The van der Waals surface area contributed by atoms with Crippen molar-refractivity contribution in [2.45, 2.75) is 50.2 Å². The van der Waals surface area contributed by atoms with Crippen LogP contribution in [0, 0.1) is 5.92 Å². The van der Waals surface area contributed by atoms with Gasteiger partial charge in [-0.3, -0.25) is 4.79 Å². The predicted molar refractivity (Wildman–Crippen MR) is 61.9 cm³/mol. The van der Waals surface area contributed by atoms with Gasteiger partial charge in [0.25, 0.3) is 0 Å². The molecule has 0 aromatic rings. The molecular formula is C12H22N2O2. The Kier molecular flexibility index (Phi) is 3.50. The van der Waals surface area contributed by atoms with E-state index in [-0.39, 0.29) is 17.6 Å². The highest BCUT2D eigenvalue weighted by Gasteiger charge is 2.39. The lowest BCUT2D eigenvalue weighted by atomic mass is 9.77. The van der Waals surface area contributed by atoms with Gasteiger partial charge >= 0.3 is 0 Å². The molecule has 0 bridgehead atoms. The second-order valence-corrected chi connectivity index (χ2v) is 5.22. The quantitative estimate of drug-likeness (QED) is 0.704. The average Bonchev–Trinajstić information content (AvgIpc) is 3.03. The Bertz CT molecular complexity index is 254. The van der Waals surface area contributed by atoms with Crippen molar-refractivity contribution in [3.8, 4) is 0 Å². The summed E-state index contributed by atoms with van der Waals surface area (Å²) in [5, 5.41) is 2.92. The zero-order valence-corrected chi connectivity index (χ0v) is 10.00. The number of nitrogens with one attached hydrogen (secondary N) is 1. The van der Waals surface area contributed by atoms with Crippen molar-refractivity contribution in [3.63, 3.8) is 0 Å². The van der Waals surface area contributed by atoms with Gasteiger partial charge in [-0.1, -0.05) is 0 Å². The largest absolute Gasteiger partial charge is 0.378 e. The van der Waals surface area contributed by atoms with Crippen molar-refractivity contribution in [1.29, 1.82) is 0 Å². The summed E-state index contributed by atoms with van der Waals surface area (Å²) in [6, 6.07) is 0.142. The van der Waals surface area contributed by atoms with Crippen LogP contribution in [0.2, 0.25) is 0 Å². The highest BCUT2D eigenvalue weighted by atomic mass is 16.5. The molecular weight excluding hydrogens is 204 g/mol. The molecule has 2 rings (SSSR count). The van der Waals surface area contributed by atoms with E-state index in [4.69, 9.17) is 10.5 Å². The molecule has 0 heterocycles. The van der Waals surface area contributed by atoms with Crippen LogP contribution < -0.4 is 11.1 Å². The number of hydrogen-bond acceptors (Lipinski definition) is 3. The average molecular weight is 226 g/mol. The maximum absolute atomic E-state index is 11.7. The second-order valence-electron chi connectivity index (χ2n) is 5.22. The zero-order chi connectivity index (χ0) is 11.6. The van der Waals surface area contributed by atoms with Crippen LogP contribution in [0.5, 0.6) is 0 Å². The fourth-order valence-corrected chi connectivity index (χ4v) is 2.30. The van der Waals surface area contributed by atoms with Crippen molar-refractivity contribution in [2.24, 2.45) is 11.7 Å². The van der Waals surface area contributed by atoms with Crippen molar-refractivity contribution in [2.75, 3.05) is 13.7 Å². The molecule has 2 aliphatic rings. The van der Waals surface area contributed by atoms with Gasteiger partial charge in [-0.15, -0.1) is 0 Å². The van der Waals surface area contributed by atoms with E-state index in [1.165, 1.54) is 19.3 Å². The minimum atomic E-state index is -0.173. The molecule has 1 amide bonds. The summed E-state index contributed by atoms with van der Waals surface area (Å²) in [5.74, 6) is 0.720. The van der Waals surface area contributed by atoms with Crippen LogP contribution in [-0.4, -0.2) is 31.2 Å². The van der Waals surface area contributed by atoms with Crippen LogP contribution in [0.1, 0.15) is 38.5 Å². The number of hydrogen-bond donors (Lipinski definition) is 2. The summed E-state index contributed by atoms with van der Waals surface area (Å²) in [5.41, 5.74) is 5.75. The van der Waals surface area contributed by atoms with E-state index in [1.807, 2.05) is 0 Å². The van der Waals surface area contributed by atoms with Crippen molar-refractivity contribution >= 4 is 5.91 Å². The van der Waals surface area contributed by atoms with Gasteiger partial charge in [-0.05, 0) is 38.0 Å². The van der Waals surface area contributed by atoms with Gasteiger partial charge in [0.15, 0.2) is 0 Å². The van der Waals surface area contributed by atoms with Crippen LogP contribution in [-0.2, 0) is 9.53 Å². The molecule has 4 heteroatoms. The zero-order valence-electron chi connectivity index (χ0n) is 10.00. The van der Waals surface area contributed by atoms with Crippen LogP contribution >= 0.6 is 0 Å². The molecule has 16 heavy (non-hydrogen) atoms. The summed E-state index contributed by atoms with van der Waals surface area (Å²) in [6.45, 7) is 0.614. The standard InChI is InChI=1S/C12H22N2O2/c1-16-12(5-2-6-12)7-11(15)14-8-10(13)9-3-4-9/h9-10H,2-8,13H2,1H3,(H,14,15). The van der Waals surface area contributed by atoms with E-state index in [0.717, 1.165) is 12.8 Å². The van der Waals surface area contributed by atoms with Gasteiger partial charge in [0, 0.05) is 19.7 Å². The van der Waals surface area contributed by atoms with Gasteiger partial charge in [0.1, 0.15) is 0 Å². The number of rotatable bonds is 6. The normalized spacial score (nSPS) is 24.6. The third kappa shape index (κ3) is 2.74. The lowest BCUT2D eigenvalue weighted by molar-refractivity contribution is -0.134. The van der Waals surface area contributed by atoms with Crippen LogP contribution in [0.4, 0.5) is 0 Å². The number of ether oxygens (including phenoxy) is 1. The van der Waals surface area contributed by atoms with Gasteiger partial charge < -0.3 is 15.8 Å². The third-order valence-corrected chi connectivity index (χ3v) is 3.94. The molecule has 0 aromatic heterocycles. The van der Waals surface area contributed by atoms with E-state index >= 15 is 0 Å². The van der Waals surface area contributed by atoms with Gasteiger partial charge in [-0.25, -0.2) is 0 Å². The Morgan fingerprint density at radius 3 is 2.69 bits per heavy atom. The van der Waals surface area contributed by atoms with E-state index < -0.39 is 0 Å². The van der Waals surface area contributed by atoms with E-state index in [2.05, 4.69) is 5.32 Å². The van der Waals surface area contributed by atoms with Crippen molar-refractivity contribution < 1.29 is 9.53 Å². The first-order valence-corrected chi connectivity index (χ1v) is 6.23. The Balaban J connectivity index is 1.67. The molecule has 2 saturated carbocycles. The minimum absolute atomic E-state index is 0.0812. The molecule has 0 saturated heterocycles. The third-order valence-electron chi connectivity index (χ3n) is 3.94. The fraction of sp³-hybridized carbons (Fsp3) is 0.917. The Morgan fingerprint density at radius 2 is 2.25 bits per heavy atom. The molecule has 4 nitrogen and oxygen atoms in total. The molecule has 0 aliphatic heterocycles. The van der Waals surface area contributed by atoms with Crippen molar-refractivity contribution in [1.82, 2.24) is 5.32 Å². The molecule has 2 aliphatic carbocycles. The minimum Gasteiger partial charge on any atom is -0.378 e. The van der Waals surface area contributed by atoms with Gasteiger partial charge in [0.05, 0.1) is 12.0 Å². The summed E-state index contributed by atoms with van der Waals surface area (Å²) in [4.78, 5) is 11.7. The summed E-state index contributed by atoms with van der Waals surface area (Å²) < 4.78 is 5.42. The van der Waals surface area contributed by atoms with Gasteiger partial charge in [0.2, 0.25) is 5.91 Å². The first-order chi connectivity index (χ1) is 7.65. The second kappa shape index (κ2) is 4.72. The van der Waals surface area contributed by atoms with Crippen LogP contribution in [0.3, 0.4) is 0 Å². The van der Waals surface area contributed by atoms with E-state index in [9.17, 15) is 4.79 Å². The molecule has 0 radical (unpaired) electrons. The Labute approximate surface area is 96.9 Å². The van der Waals surface area contributed by atoms with Crippen LogP contribution in [0.15, 0.2) is 0 Å². The van der Waals surface area contributed by atoms with E-state index in [1.54, 1.807) is 7.11 Å². The fourth-order valence-electron chi connectivity index (χ4n) is 2.30. The summed E-state index contributed by atoms with van der Waals surface area (Å²) >= 11 is 0. The smallest absolute Gasteiger partial charge is 0.222 e. The predicted octanol–water partition coefficient (Wildman–Crippen LogP) is 0.799. The number of carbonyl (C=O) groups is 1. The van der Waals surface area contributed by atoms with Gasteiger partial charge in [-0.2, -0.15) is 0 Å². The maximum Gasteiger partial charge on any atom is 0.222 e. The molecule has 1 unspecified atom stereocenters. The summed E-state index contributed by atoms with van der Waals surface area (Å²) in [6.07, 6.45) is 6.11. The lowest BCUT2D eigenvalue weighted by Gasteiger charge is -2.40. The highest BCUT2D eigenvalue weighted by molar-refractivity contribution is 5.77. The highest BCUT2D eigenvalue weighted by Crippen LogP contribution is 2.37. The summed E-state index contributed by atoms with van der Waals surface area (Å²) in [7, 11) is 1.70. The monoisotopic (exact) mass is 226 g/mol. The van der Waals surface area contributed by atoms with E-state index in [0.29, 0.717) is 18.9 Å². The first-order valence-electron chi connectivity index (χ1n) is 6.23. The lowest BCUT2D eigenvalue weighted by Crippen LogP contribution is -2.46. The van der Waals surface area contributed by atoms with Crippen molar-refractivity contribution in [3.05, 3.63) is 0 Å². The van der Waals surface area contributed by atoms with Crippen LogP contribution in [0.25, 0.3) is 0 Å². The molecule has 2 fully saturated rings.